The summed E-state index contributed by atoms with van der Waals surface area (Å²) in [5.41, 5.74) is 4.07. The van der Waals surface area contributed by atoms with Crippen molar-refractivity contribution in [2.24, 2.45) is 5.10 Å². The fourth-order valence-electron chi connectivity index (χ4n) is 2.13. The third kappa shape index (κ3) is 5.63. The number of ether oxygens (including phenoxy) is 2. The second-order valence-corrected chi connectivity index (χ2v) is 5.61. The van der Waals surface area contributed by atoms with Gasteiger partial charge in [0.2, 0.25) is 5.95 Å². The summed E-state index contributed by atoms with van der Waals surface area (Å²) in [5.74, 6) is 1.67. The van der Waals surface area contributed by atoms with Crippen molar-refractivity contribution in [3.63, 3.8) is 0 Å². The van der Waals surface area contributed by atoms with Crippen LogP contribution in [0.15, 0.2) is 34.2 Å². The van der Waals surface area contributed by atoms with E-state index in [-0.39, 0.29) is 11.7 Å². The van der Waals surface area contributed by atoms with Gasteiger partial charge in [-0.3, -0.25) is 9.78 Å². The number of aryl methyl sites for hydroxylation is 1. The van der Waals surface area contributed by atoms with Gasteiger partial charge in [0.15, 0.2) is 11.5 Å². The number of aromatic nitrogens is 2. The zero-order chi connectivity index (χ0) is 18.2. The Kier molecular flexibility index (Phi) is 6.56. The van der Waals surface area contributed by atoms with Gasteiger partial charge in [0, 0.05) is 11.8 Å². The number of hydrogen-bond acceptors (Lipinski definition) is 6. The second kappa shape index (κ2) is 8.86. The Morgan fingerprint density at radius 2 is 2.08 bits per heavy atom. The maximum absolute atomic E-state index is 11.5. The van der Waals surface area contributed by atoms with Gasteiger partial charge in [-0.15, -0.1) is 0 Å². The number of rotatable bonds is 8. The lowest BCUT2D eigenvalue weighted by atomic mass is 10.2. The maximum atomic E-state index is 11.5. The summed E-state index contributed by atoms with van der Waals surface area (Å²) in [5, 5.41) is 4.12. The number of hydrogen-bond donors (Lipinski definition) is 2. The molecule has 0 spiro atoms. The van der Waals surface area contributed by atoms with Gasteiger partial charge in [0.05, 0.1) is 18.9 Å². The monoisotopic (exact) mass is 344 g/mol. The summed E-state index contributed by atoms with van der Waals surface area (Å²) >= 11 is 0. The molecular weight excluding hydrogens is 320 g/mol. The highest BCUT2D eigenvalue weighted by Gasteiger charge is 2.07. The van der Waals surface area contributed by atoms with Crippen LogP contribution in [0.3, 0.4) is 0 Å². The van der Waals surface area contributed by atoms with E-state index in [4.69, 9.17) is 9.47 Å². The largest absolute Gasteiger partial charge is 0.490 e. The van der Waals surface area contributed by atoms with Crippen LogP contribution in [-0.2, 0) is 6.42 Å². The molecular formula is C18H24N4O3. The fourth-order valence-corrected chi connectivity index (χ4v) is 2.13. The van der Waals surface area contributed by atoms with E-state index in [0.29, 0.717) is 36.2 Å². The number of anilines is 1. The molecule has 2 rings (SSSR count). The average Bonchev–Trinajstić information content (AvgIpc) is 2.56. The first-order valence-electron chi connectivity index (χ1n) is 8.34. The minimum absolute atomic E-state index is 0.0640. The zero-order valence-corrected chi connectivity index (χ0v) is 15.0. The van der Waals surface area contributed by atoms with E-state index in [1.807, 2.05) is 45.9 Å². The minimum Gasteiger partial charge on any atom is -0.490 e. The van der Waals surface area contributed by atoms with Gasteiger partial charge in [-0.25, -0.2) is 10.4 Å². The molecule has 0 aliphatic carbocycles. The molecule has 2 aromatic rings. The summed E-state index contributed by atoms with van der Waals surface area (Å²) in [6.45, 7) is 8.33. The molecule has 0 saturated heterocycles. The summed E-state index contributed by atoms with van der Waals surface area (Å²) in [4.78, 5) is 18.4. The van der Waals surface area contributed by atoms with E-state index < -0.39 is 0 Å². The number of nitrogens with one attached hydrogen (secondary N) is 2. The highest BCUT2D eigenvalue weighted by atomic mass is 16.5. The van der Waals surface area contributed by atoms with Crippen LogP contribution in [0, 0.1) is 0 Å². The van der Waals surface area contributed by atoms with Crippen molar-refractivity contribution in [2.45, 2.75) is 40.2 Å². The van der Waals surface area contributed by atoms with Gasteiger partial charge in [-0.1, -0.05) is 6.92 Å². The molecule has 0 aliphatic heterocycles. The Bertz CT molecular complexity index is 784. The molecule has 0 fully saturated rings. The smallest absolute Gasteiger partial charge is 0.252 e. The molecule has 7 heteroatoms. The van der Waals surface area contributed by atoms with Crippen molar-refractivity contribution in [3.8, 4) is 11.5 Å². The number of nitrogens with zero attached hydrogens (tertiary/aromatic N) is 2. The van der Waals surface area contributed by atoms with Crippen LogP contribution in [0.5, 0.6) is 11.5 Å². The van der Waals surface area contributed by atoms with Crippen molar-refractivity contribution in [2.75, 3.05) is 12.0 Å². The molecule has 0 bridgehead atoms. The third-order valence-corrected chi connectivity index (χ3v) is 3.17. The third-order valence-electron chi connectivity index (χ3n) is 3.17. The number of aromatic amines is 1. The Morgan fingerprint density at radius 3 is 2.76 bits per heavy atom. The quantitative estimate of drug-likeness (QED) is 0.568. The van der Waals surface area contributed by atoms with Crippen molar-refractivity contribution >= 4 is 12.2 Å². The summed E-state index contributed by atoms with van der Waals surface area (Å²) < 4.78 is 11.4. The molecule has 0 saturated carbocycles. The van der Waals surface area contributed by atoms with Crippen LogP contribution in [0.2, 0.25) is 0 Å². The molecule has 0 aliphatic rings. The van der Waals surface area contributed by atoms with Crippen LogP contribution in [-0.4, -0.2) is 28.9 Å². The Balaban J connectivity index is 2.13. The molecule has 0 radical (unpaired) electrons. The van der Waals surface area contributed by atoms with Gasteiger partial charge in [-0.2, -0.15) is 5.10 Å². The Labute approximate surface area is 147 Å². The van der Waals surface area contributed by atoms with E-state index in [0.717, 1.165) is 5.56 Å². The van der Waals surface area contributed by atoms with Crippen LogP contribution in [0.25, 0.3) is 0 Å². The molecule has 7 nitrogen and oxygen atoms in total. The first-order chi connectivity index (χ1) is 12.0. The van der Waals surface area contributed by atoms with E-state index >= 15 is 0 Å². The van der Waals surface area contributed by atoms with Crippen molar-refractivity contribution in [1.29, 1.82) is 0 Å². The first-order valence-corrected chi connectivity index (χ1v) is 8.34. The van der Waals surface area contributed by atoms with E-state index in [1.165, 1.54) is 6.07 Å². The van der Waals surface area contributed by atoms with Gasteiger partial charge in [-0.05, 0) is 51.0 Å². The van der Waals surface area contributed by atoms with Gasteiger partial charge in [0.1, 0.15) is 0 Å². The SMILES string of the molecule is CCOc1cc(/C=N\Nc2nc(CC)cc(=O)[nH]2)ccc1OC(C)C. The van der Waals surface area contributed by atoms with Gasteiger partial charge < -0.3 is 9.47 Å². The molecule has 1 aromatic carbocycles. The molecule has 0 atom stereocenters. The van der Waals surface area contributed by atoms with Crippen LogP contribution in [0.1, 0.15) is 39.0 Å². The predicted octanol–water partition coefficient (Wildman–Crippen LogP) is 2.96. The lowest BCUT2D eigenvalue weighted by Gasteiger charge is -2.14. The minimum atomic E-state index is -0.210. The standard InChI is InChI=1S/C18H24N4O3/c1-5-14-10-17(23)21-18(20-14)22-19-11-13-7-8-15(25-12(3)4)16(9-13)24-6-2/h7-12H,5-6H2,1-4H3,(H2,20,21,22,23)/b19-11-. The Hall–Kier alpha value is -2.83. The molecule has 2 N–H and O–H groups in total. The van der Waals surface area contributed by atoms with Crippen LogP contribution >= 0.6 is 0 Å². The summed E-state index contributed by atoms with van der Waals surface area (Å²) in [6, 6.07) is 7.05. The van der Waals surface area contributed by atoms with E-state index in [9.17, 15) is 4.79 Å². The summed E-state index contributed by atoms with van der Waals surface area (Å²) in [7, 11) is 0. The molecule has 0 unspecified atom stereocenters. The lowest BCUT2D eigenvalue weighted by molar-refractivity contribution is 0.224. The molecule has 134 valence electrons. The summed E-state index contributed by atoms with van der Waals surface area (Å²) in [6.07, 6.45) is 2.37. The van der Waals surface area contributed by atoms with Crippen molar-refractivity contribution in [3.05, 3.63) is 45.9 Å². The topological polar surface area (TPSA) is 88.6 Å². The highest BCUT2D eigenvalue weighted by molar-refractivity contribution is 5.81. The molecule has 0 amide bonds. The van der Waals surface area contributed by atoms with Crippen LogP contribution < -0.4 is 20.5 Å². The lowest BCUT2D eigenvalue weighted by Crippen LogP contribution is -2.11. The normalized spacial score (nSPS) is 11.1. The predicted molar refractivity (Wildman–Crippen MR) is 98.8 cm³/mol. The van der Waals surface area contributed by atoms with Gasteiger partial charge in [0.25, 0.3) is 5.56 Å². The average molecular weight is 344 g/mol. The molecule has 25 heavy (non-hydrogen) atoms. The van der Waals surface area contributed by atoms with E-state index in [2.05, 4.69) is 20.5 Å². The van der Waals surface area contributed by atoms with Crippen molar-refractivity contribution in [1.82, 2.24) is 9.97 Å². The fraction of sp³-hybridized carbons (Fsp3) is 0.389. The molecule has 1 aromatic heterocycles. The number of hydrazone groups is 1. The second-order valence-electron chi connectivity index (χ2n) is 5.61. The van der Waals surface area contributed by atoms with Crippen LogP contribution in [0.4, 0.5) is 5.95 Å². The number of H-pyrrole nitrogens is 1. The Morgan fingerprint density at radius 1 is 1.28 bits per heavy atom. The van der Waals surface area contributed by atoms with Gasteiger partial charge >= 0.3 is 0 Å². The van der Waals surface area contributed by atoms with E-state index in [1.54, 1.807) is 6.21 Å². The maximum Gasteiger partial charge on any atom is 0.252 e. The molecule has 1 heterocycles. The zero-order valence-electron chi connectivity index (χ0n) is 15.0. The number of benzene rings is 1. The first kappa shape index (κ1) is 18.5. The van der Waals surface area contributed by atoms with Crippen molar-refractivity contribution < 1.29 is 9.47 Å². The highest BCUT2D eigenvalue weighted by Crippen LogP contribution is 2.28.